The Hall–Kier alpha value is -3.72. The first kappa shape index (κ1) is 20.6. The second kappa shape index (κ2) is 9.83. The molecular weight excluding hydrogens is 354 g/mol. The number of anilines is 1. The van der Waals surface area contributed by atoms with Gasteiger partial charge in [0.2, 0.25) is 0 Å². The van der Waals surface area contributed by atoms with E-state index in [4.69, 9.17) is 0 Å². The largest absolute Gasteiger partial charge is 0.321 e. The Morgan fingerprint density at radius 3 is 2.36 bits per heavy atom. The fourth-order valence-electron chi connectivity index (χ4n) is 2.79. The van der Waals surface area contributed by atoms with Gasteiger partial charge in [0.15, 0.2) is 0 Å². The van der Waals surface area contributed by atoms with Crippen molar-refractivity contribution in [1.29, 1.82) is 5.26 Å². The van der Waals surface area contributed by atoms with E-state index in [1.54, 1.807) is 18.2 Å². The molecule has 1 N–H and O–H groups in total. The molecule has 142 valence electrons. The fraction of sp³-hybridized carbons (Fsp3) is 0.182. The highest BCUT2D eigenvalue weighted by atomic mass is 16.6. The number of nitrogens with zero attached hydrogens (tertiary/aromatic N) is 2. The first-order chi connectivity index (χ1) is 13.5. The summed E-state index contributed by atoms with van der Waals surface area (Å²) in [5.41, 5.74) is 3.01. The molecule has 0 radical (unpaired) electrons. The average molecular weight is 375 g/mol. The summed E-state index contributed by atoms with van der Waals surface area (Å²) < 4.78 is 0. The third-order valence-electron chi connectivity index (χ3n) is 4.27. The highest BCUT2D eigenvalue weighted by Crippen LogP contribution is 2.23. The van der Waals surface area contributed by atoms with Crippen LogP contribution in [0.4, 0.5) is 11.4 Å². The zero-order chi connectivity index (χ0) is 20.5. The van der Waals surface area contributed by atoms with Gasteiger partial charge in [-0.3, -0.25) is 14.9 Å². The van der Waals surface area contributed by atoms with Crippen LogP contribution < -0.4 is 5.32 Å². The highest BCUT2D eigenvalue weighted by molar-refractivity contribution is 6.07. The predicted molar refractivity (Wildman–Crippen MR) is 110 cm³/mol. The molecule has 2 rings (SSSR count). The average Bonchev–Trinajstić information content (AvgIpc) is 2.71. The van der Waals surface area contributed by atoms with E-state index >= 15 is 0 Å². The van der Waals surface area contributed by atoms with Gasteiger partial charge in [-0.2, -0.15) is 5.26 Å². The molecule has 0 saturated heterocycles. The number of hydrogen-bond acceptors (Lipinski definition) is 4. The first-order valence-corrected chi connectivity index (χ1v) is 8.95. The summed E-state index contributed by atoms with van der Waals surface area (Å²) in [7, 11) is 0. The molecule has 0 aliphatic heterocycles. The number of para-hydroxylation sites is 2. The van der Waals surface area contributed by atoms with Crippen molar-refractivity contribution in [3.63, 3.8) is 0 Å². The molecule has 0 aliphatic rings. The number of nitrogens with one attached hydrogen (secondary N) is 1. The van der Waals surface area contributed by atoms with Crippen molar-refractivity contribution in [3.8, 4) is 6.07 Å². The molecular formula is C22H21N3O3. The number of rotatable bonds is 7. The van der Waals surface area contributed by atoms with Crippen molar-refractivity contribution < 1.29 is 9.72 Å². The van der Waals surface area contributed by atoms with Crippen molar-refractivity contribution in [2.45, 2.75) is 26.7 Å². The van der Waals surface area contributed by atoms with Crippen LogP contribution in [0.2, 0.25) is 0 Å². The lowest BCUT2D eigenvalue weighted by molar-refractivity contribution is -0.385. The van der Waals surface area contributed by atoms with Gasteiger partial charge in [0.05, 0.1) is 10.5 Å². The number of amides is 1. The predicted octanol–water partition coefficient (Wildman–Crippen LogP) is 4.82. The van der Waals surface area contributed by atoms with Crippen LogP contribution in [0, 0.1) is 21.4 Å². The maximum atomic E-state index is 12.6. The maximum Gasteiger partial charge on any atom is 0.276 e. The van der Waals surface area contributed by atoms with Crippen molar-refractivity contribution in [1.82, 2.24) is 0 Å². The number of hydrogen-bond donors (Lipinski definition) is 1. The van der Waals surface area contributed by atoms with E-state index in [0.29, 0.717) is 5.56 Å². The summed E-state index contributed by atoms with van der Waals surface area (Å²) in [6, 6.07) is 14.0. The van der Waals surface area contributed by atoms with Crippen LogP contribution >= 0.6 is 0 Å². The summed E-state index contributed by atoms with van der Waals surface area (Å²) >= 11 is 0. The minimum Gasteiger partial charge on any atom is -0.321 e. The van der Waals surface area contributed by atoms with Gasteiger partial charge in [-0.1, -0.05) is 50.3 Å². The zero-order valence-corrected chi connectivity index (χ0v) is 15.8. The SMILES string of the molecule is CCc1cccc(CC)c1NC(=O)/C(C#N)=C/C=C/c1ccccc1[N+](=O)[O-]. The van der Waals surface area contributed by atoms with E-state index in [1.807, 2.05) is 38.1 Å². The number of nitro benzene ring substituents is 1. The third-order valence-corrected chi connectivity index (χ3v) is 4.27. The molecule has 0 aromatic heterocycles. The van der Waals surface area contributed by atoms with Gasteiger partial charge >= 0.3 is 0 Å². The van der Waals surface area contributed by atoms with Crippen LogP contribution in [0.25, 0.3) is 6.08 Å². The molecule has 0 saturated carbocycles. The van der Waals surface area contributed by atoms with Gasteiger partial charge in [-0.15, -0.1) is 0 Å². The smallest absolute Gasteiger partial charge is 0.276 e. The zero-order valence-electron chi connectivity index (χ0n) is 15.8. The van der Waals surface area contributed by atoms with E-state index in [9.17, 15) is 20.2 Å². The van der Waals surface area contributed by atoms with Crippen molar-refractivity contribution in [2.75, 3.05) is 5.32 Å². The van der Waals surface area contributed by atoms with Crippen LogP contribution in [0.5, 0.6) is 0 Å². The summed E-state index contributed by atoms with van der Waals surface area (Å²) in [5, 5.41) is 23.2. The molecule has 6 heteroatoms. The van der Waals surface area contributed by atoms with Gasteiger partial charge in [-0.25, -0.2) is 0 Å². The van der Waals surface area contributed by atoms with E-state index < -0.39 is 10.8 Å². The van der Waals surface area contributed by atoms with Gasteiger partial charge < -0.3 is 5.32 Å². The quantitative estimate of drug-likeness (QED) is 0.247. The topological polar surface area (TPSA) is 96.0 Å². The van der Waals surface area contributed by atoms with Gasteiger partial charge in [0.25, 0.3) is 11.6 Å². The molecule has 1 amide bonds. The third kappa shape index (κ3) is 4.92. The molecule has 6 nitrogen and oxygen atoms in total. The number of benzene rings is 2. The monoisotopic (exact) mass is 375 g/mol. The Morgan fingerprint density at radius 1 is 1.14 bits per heavy atom. The molecule has 0 bridgehead atoms. The van der Waals surface area contributed by atoms with Crippen LogP contribution in [-0.2, 0) is 17.6 Å². The van der Waals surface area contributed by atoms with E-state index in [2.05, 4.69) is 5.32 Å². The number of nitriles is 1. The van der Waals surface area contributed by atoms with Crippen LogP contribution in [0.1, 0.15) is 30.5 Å². The summed E-state index contributed by atoms with van der Waals surface area (Å²) in [4.78, 5) is 23.1. The van der Waals surface area contributed by atoms with E-state index in [0.717, 1.165) is 29.7 Å². The van der Waals surface area contributed by atoms with Gasteiger partial charge in [-0.05, 0) is 42.2 Å². The summed E-state index contributed by atoms with van der Waals surface area (Å²) in [6.07, 6.45) is 5.83. The number of nitro groups is 1. The first-order valence-electron chi connectivity index (χ1n) is 8.95. The van der Waals surface area contributed by atoms with Crippen molar-refractivity contribution >= 4 is 23.4 Å². The molecule has 0 atom stereocenters. The number of allylic oxidation sites excluding steroid dienone is 2. The minimum absolute atomic E-state index is 0.0421. The molecule has 28 heavy (non-hydrogen) atoms. The molecule has 0 aliphatic carbocycles. The molecule has 2 aromatic rings. The standard InChI is InChI=1S/C22H21N3O3/c1-3-16-10-7-11-17(4-2)21(16)24-22(26)19(15-23)13-8-12-18-9-5-6-14-20(18)25(27)28/h5-14H,3-4H2,1-2H3,(H,24,26)/b12-8+,19-13+. The van der Waals surface area contributed by atoms with Crippen LogP contribution in [0.3, 0.4) is 0 Å². The Balaban J connectivity index is 2.26. The van der Waals surface area contributed by atoms with Crippen molar-refractivity contribution in [2.24, 2.45) is 0 Å². The van der Waals surface area contributed by atoms with Gasteiger partial charge in [0.1, 0.15) is 11.6 Å². The van der Waals surface area contributed by atoms with Crippen LogP contribution in [0.15, 0.2) is 60.2 Å². The molecule has 0 unspecified atom stereocenters. The van der Waals surface area contributed by atoms with E-state index in [1.165, 1.54) is 24.3 Å². The summed E-state index contributed by atoms with van der Waals surface area (Å²) in [6.45, 7) is 4.00. The normalized spacial score (nSPS) is 11.2. The second-order valence-electron chi connectivity index (χ2n) is 5.98. The maximum absolute atomic E-state index is 12.6. The van der Waals surface area contributed by atoms with Crippen LogP contribution in [-0.4, -0.2) is 10.8 Å². The summed E-state index contributed by atoms with van der Waals surface area (Å²) in [5.74, 6) is -0.509. The lowest BCUT2D eigenvalue weighted by Crippen LogP contribution is -2.16. The van der Waals surface area contributed by atoms with Gasteiger partial charge in [0, 0.05) is 11.8 Å². The number of carbonyl (C=O) groups excluding carboxylic acids is 1. The molecule has 0 heterocycles. The Kier molecular flexibility index (Phi) is 7.23. The highest BCUT2D eigenvalue weighted by Gasteiger charge is 2.13. The Labute approximate surface area is 164 Å². The Bertz CT molecular complexity index is 963. The van der Waals surface area contributed by atoms with E-state index in [-0.39, 0.29) is 11.3 Å². The molecule has 2 aromatic carbocycles. The lowest BCUT2D eigenvalue weighted by atomic mass is 10.0. The molecule has 0 spiro atoms. The number of aryl methyl sites for hydroxylation is 2. The van der Waals surface area contributed by atoms with Crippen molar-refractivity contribution in [3.05, 3.63) is 87.0 Å². The second-order valence-corrected chi connectivity index (χ2v) is 5.98. The fourth-order valence-corrected chi connectivity index (χ4v) is 2.79. The Morgan fingerprint density at radius 2 is 1.79 bits per heavy atom. The number of carbonyl (C=O) groups is 1. The molecule has 0 fully saturated rings. The minimum atomic E-state index is -0.509. The lowest BCUT2D eigenvalue weighted by Gasteiger charge is -2.13.